The van der Waals surface area contributed by atoms with Gasteiger partial charge in [0.05, 0.1) is 30.6 Å². The fourth-order valence-electron chi connectivity index (χ4n) is 7.37. The van der Waals surface area contributed by atoms with Crippen molar-refractivity contribution in [1.29, 1.82) is 0 Å². The summed E-state index contributed by atoms with van der Waals surface area (Å²) in [4.78, 5) is 68.4. The second-order valence-corrected chi connectivity index (χ2v) is 15.8. The van der Waals surface area contributed by atoms with Crippen LogP contribution in [0.3, 0.4) is 0 Å². The molecule has 2 aromatic carbocycles. The number of imidazole rings is 1. The number of hydrogen-bond acceptors (Lipinski definition) is 9. The Balaban J connectivity index is 1.17. The highest BCUT2D eigenvalue weighted by Crippen LogP contribution is 2.40. The van der Waals surface area contributed by atoms with E-state index in [1.807, 2.05) is 44.4 Å². The van der Waals surface area contributed by atoms with Crippen LogP contribution in [0.4, 0.5) is 29.5 Å². The van der Waals surface area contributed by atoms with Crippen LogP contribution in [0.2, 0.25) is 0 Å². The van der Waals surface area contributed by atoms with Crippen LogP contribution in [0, 0.1) is 11.3 Å². The van der Waals surface area contributed by atoms with Gasteiger partial charge in [-0.2, -0.15) is 0 Å². The Labute approximate surface area is 340 Å². The molecule has 14 nitrogen and oxygen atoms in total. The van der Waals surface area contributed by atoms with Crippen LogP contribution in [0.15, 0.2) is 60.9 Å². The molecule has 0 spiro atoms. The number of aryl methyl sites for hydroxylation is 1. The standard InChI is InChI=1S/C42H49F3N8O6/c1-7-26-19-30(27-8-10-28(11-9-27)32-22-47-37(49-32)33-18-25(2)24-53(33)36(54)23-48-40(57)58-6)34(59-42(43,44)45)20-31(26)50-38(55)29-12-13-35(46-21-29)51-14-16-52(17-15-51)39(56)41(3,4)5/h8-13,19-22,25,33H,7,14-18,23-24H2,1-6H3,(H,47,49)(H,48,57)(H,50,55). The molecule has 0 aliphatic carbocycles. The number of carbonyl (C=O) groups excluding carboxylic acids is 4. The molecule has 4 heterocycles. The number of rotatable bonds is 10. The smallest absolute Gasteiger partial charge is 0.453 e. The van der Waals surface area contributed by atoms with Crippen LogP contribution in [-0.2, 0) is 20.7 Å². The Morgan fingerprint density at radius 2 is 1.63 bits per heavy atom. The first-order valence-electron chi connectivity index (χ1n) is 19.5. The zero-order valence-corrected chi connectivity index (χ0v) is 33.9. The van der Waals surface area contributed by atoms with Gasteiger partial charge in [-0.3, -0.25) is 14.4 Å². The van der Waals surface area contributed by atoms with Crippen LogP contribution in [0.1, 0.15) is 68.8 Å². The maximum atomic E-state index is 13.8. The molecule has 4 amide bonds. The number of aromatic nitrogens is 3. The number of nitrogens with one attached hydrogen (secondary N) is 3. The Morgan fingerprint density at radius 3 is 2.24 bits per heavy atom. The van der Waals surface area contributed by atoms with E-state index in [0.717, 1.165) is 0 Å². The number of carbonyl (C=O) groups is 4. The van der Waals surface area contributed by atoms with Gasteiger partial charge in [0.2, 0.25) is 11.8 Å². The topological polar surface area (TPSA) is 162 Å². The number of H-pyrrole nitrogens is 1. The van der Waals surface area contributed by atoms with Gasteiger partial charge in [-0.25, -0.2) is 14.8 Å². The lowest BCUT2D eigenvalue weighted by molar-refractivity contribution is -0.274. The number of benzene rings is 2. The van der Waals surface area contributed by atoms with Gasteiger partial charge in [-0.05, 0) is 53.6 Å². The minimum absolute atomic E-state index is 0.0888. The molecular weight excluding hydrogens is 770 g/mol. The number of aromatic amines is 1. The van der Waals surface area contributed by atoms with Gasteiger partial charge < -0.3 is 39.8 Å². The second-order valence-electron chi connectivity index (χ2n) is 15.8. The highest BCUT2D eigenvalue weighted by molar-refractivity contribution is 6.05. The summed E-state index contributed by atoms with van der Waals surface area (Å²) in [7, 11) is 1.22. The highest BCUT2D eigenvalue weighted by Gasteiger charge is 2.36. The number of likely N-dealkylation sites (tertiary alicyclic amines) is 1. The fourth-order valence-corrected chi connectivity index (χ4v) is 7.37. The molecular formula is C42H49F3N8O6. The van der Waals surface area contributed by atoms with E-state index in [2.05, 4.69) is 35.1 Å². The number of alkyl carbamates (subject to hydrolysis) is 1. The maximum absolute atomic E-state index is 13.8. The van der Waals surface area contributed by atoms with Crippen LogP contribution in [-0.4, -0.2) is 101 Å². The molecule has 2 unspecified atom stereocenters. The van der Waals surface area contributed by atoms with Gasteiger partial charge in [0, 0.05) is 61.7 Å². The SMILES string of the molecule is CCc1cc(-c2ccc(-c3cnc(C4CC(C)CN4C(=O)CNC(=O)OC)[nH]3)cc2)c(OC(F)(F)F)cc1NC(=O)c1ccc(N2CCN(C(=O)C(C)(C)C)CC2)nc1. The van der Waals surface area contributed by atoms with Crippen molar-refractivity contribution in [2.24, 2.45) is 11.3 Å². The number of ether oxygens (including phenoxy) is 2. The van der Waals surface area contributed by atoms with Gasteiger partial charge in [0.15, 0.2) is 0 Å². The molecule has 0 saturated carbocycles. The number of halogens is 3. The van der Waals surface area contributed by atoms with E-state index in [4.69, 9.17) is 0 Å². The van der Waals surface area contributed by atoms with Gasteiger partial charge in [-0.1, -0.05) is 58.9 Å². The minimum atomic E-state index is -5.01. The number of anilines is 2. The summed E-state index contributed by atoms with van der Waals surface area (Å²) in [6.07, 6.45) is -1.60. The van der Waals surface area contributed by atoms with E-state index in [1.54, 1.807) is 53.6 Å². The number of amides is 4. The average molecular weight is 819 g/mol. The van der Waals surface area contributed by atoms with E-state index in [9.17, 15) is 32.3 Å². The lowest BCUT2D eigenvalue weighted by Gasteiger charge is -2.38. The van der Waals surface area contributed by atoms with Gasteiger partial charge in [0.1, 0.15) is 23.9 Å². The molecule has 59 heavy (non-hydrogen) atoms. The first-order chi connectivity index (χ1) is 27.9. The lowest BCUT2D eigenvalue weighted by Crippen LogP contribution is -2.51. The van der Waals surface area contributed by atoms with Crippen molar-refractivity contribution in [2.45, 2.75) is 59.9 Å². The third kappa shape index (κ3) is 10.1. The molecule has 3 N–H and O–H groups in total. The highest BCUT2D eigenvalue weighted by atomic mass is 19.4. The van der Waals surface area contributed by atoms with E-state index in [0.29, 0.717) is 79.6 Å². The van der Waals surface area contributed by atoms with Crippen molar-refractivity contribution in [3.8, 4) is 28.1 Å². The fraction of sp³-hybridized carbons (Fsp3) is 0.429. The summed E-state index contributed by atoms with van der Waals surface area (Å²) in [6.45, 7) is 12.1. The van der Waals surface area contributed by atoms with Crippen molar-refractivity contribution in [1.82, 2.24) is 30.1 Å². The number of methoxy groups -OCH3 is 1. The minimum Gasteiger partial charge on any atom is -0.453 e. The summed E-state index contributed by atoms with van der Waals surface area (Å²) in [6, 6.07) is 12.6. The Morgan fingerprint density at radius 1 is 0.932 bits per heavy atom. The summed E-state index contributed by atoms with van der Waals surface area (Å²) in [5, 5.41) is 5.17. The number of nitrogens with zero attached hydrogens (tertiary/aromatic N) is 5. The molecule has 2 saturated heterocycles. The summed E-state index contributed by atoms with van der Waals surface area (Å²) >= 11 is 0. The lowest BCUT2D eigenvalue weighted by atomic mass is 9.94. The first-order valence-corrected chi connectivity index (χ1v) is 19.5. The quantitative estimate of drug-likeness (QED) is 0.156. The van der Waals surface area contributed by atoms with E-state index < -0.39 is 29.5 Å². The van der Waals surface area contributed by atoms with E-state index in [-0.39, 0.29) is 47.1 Å². The molecule has 2 aromatic heterocycles. The van der Waals surface area contributed by atoms with Crippen molar-refractivity contribution in [3.05, 3.63) is 77.9 Å². The van der Waals surface area contributed by atoms with Crippen molar-refractivity contribution >= 4 is 35.3 Å². The Kier molecular flexibility index (Phi) is 12.5. The third-order valence-corrected chi connectivity index (χ3v) is 10.4. The number of hydrogen-bond donors (Lipinski definition) is 3. The molecule has 6 rings (SSSR count). The van der Waals surface area contributed by atoms with Crippen molar-refractivity contribution in [3.63, 3.8) is 0 Å². The molecule has 4 aromatic rings. The first kappa shape index (κ1) is 42.5. The van der Waals surface area contributed by atoms with Crippen molar-refractivity contribution < 1.29 is 41.8 Å². The van der Waals surface area contributed by atoms with Crippen LogP contribution >= 0.6 is 0 Å². The Hall–Kier alpha value is -6.13. The molecule has 17 heteroatoms. The largest absolute Gasteiger partial charge is 0.573 e. The monoisotopic (exact) mass is 818 g/mol. The summed E-state index contributed by atoms with van der Waals surface area (Å²) in [5.74, 6) is 0.199. The maximum Gasteiger partial charge on any atom is 0.573 e. The van der Waals surface area contributed by atoms with Crippen molar-refractivity contribution in [2.75, 3.05) is 56.6 Å². The molecule has 0 radical (unpaired) electrons. The molecule has 0 bridgehead atoms. The van der Waals surface area contributed by atoms with E-state index >= 15 is 0 Å². The predicted molar refractivity (Wildman–Crippen MR) is 215 cm³/mol. The second kappa shape index (κ2) is 17.4. The molecule has 2 aliphatic rings. The number of pyridine rings is 1. The molecule has 2 fully saturated rings. The predicted octanol–water partition coefficient (Wildman–Crippen LogP) is 6.81. The van der Waals surface area contributed by atoms with Crippen LogP contribution < -0.4 is 20.3 Å². The van der Waals surface area contributed by atoms with E-state index in [1.165, 1.54) is 19.4 Å². The van der Waals surface area contributed by atoms with Crippen LogP contribution in [0.5, 0.6) is 5.75 Å². The Bertz CT molecular complexity index is 2160. The normalized spacial score (nSPS) is 17.1. The van der Waals surface area contributed by atoms with Gasteiger partial charge in [0.25, 0.3) is 5.91 Å². The summed E-state index contributed by atoms with van der Waals surface area (Å²) in [5.41, 5.74) is 2.48. The van der Waals surface area contributed by atoms with Crippen LogP contribution in [0.25, 0.3) is 22.4 Å². The summed E-state index contributed by atoms with van der Waals surface area (Å²) < 4.78 is 50.5. The number of piperazine rings is 1. The average Bonchev–Trinajstić information content (AvgIpc) is 3.86. The zero-order chi connectivity index (χ0) is 42.6. The zero-order valence-electron chi connectivity index (χ0n) is 33.9. The van der Waals surface area contributed by atoms with Gasteiger partial charge >= 0.3 is 12.5 Å². The molecule has 314 valence electrons. The molecule has 2 atom stereocenters. The van der Waals surface area contributed by atoms with Gasteiger partial charge in [-0.15, -0.1) is 13.2 Å². The molecule has 2 aliphatic heterocycles. The third-order valence-electron chi connectivity index (χ3n) is 10.4. The number of alkyl halides is 3.